The topological polar surface area (TPSA) is 47.0 Å². The van der Waals surface area contributed by atoms with Gasteiger partial charge in [0.15, 0.2) is 0 Å². The van der Waals surface area contributed by atoms with Crippen LogP contribution in [0, 0.1) is 0 Å². The van der Waals surface area contributed by atoms with Crippen LogP contribution in [0.25, 0.3) is 0 Å². The molecule has 4 heteroatoms. The van der Waals surface area contributed by atoms with Gasteiger partial charge in [0.25, 0.3) is 0 Å². The number of hydrogen-bond donors (Lipinski definition) is 1. The molecule has 0 aliphatic heterocycles. The molecule has 1 aromatic heterocycles. The predicted octanol–water partition coefficient (Wildman–Crippen LogP) is 1.81. The van der Waals surface area contributed by atoms with E-state index in [1.54, 1.807) is 19.5 Å². The van der Waals surface area contributed by atoms with E-state index >= 15 is 0 Å². The molecule has 1 unspecified atom stereocenters. The van der Waals surface area contributed by atoms with Crippen molar-refractivity contribution in [3.05, 3.63) is 18.1 Å². The van der Waals surface area contributed by atoms with Crippen molar-refractivity contribution in [1.82, 2.24) is 15.3 Å². The molecule has 0 bridgehead atoms. The Morgan fingerprint density at radius 3 is 2.69 bits per heavy atom. The lowest BCUT2D eigenvalue weighted by atomic mass is 10.1. The lowest BCUT2D eigenvalue weighted by Crippen LogP contribution is -2.25. The molecule has 0 radical (unpaired) electrons. The molecular weight excluding hydrogens is 202 g/mol. The first-order chi connectivity index (χ1) is 7.81. The molecule has 1 heterocycles. The largest absolute Gasteiger partial charge is 0.480 e. The molecule has 1 atom stereocenters. The zero-order valence-corrected chi connectivity index (χ0v) is 10.4. The smallest absolute Gasteiger partial charge is 0.235 e. The van der Waals surface area contributed by atoms with Gasteiger partial charge in [-0.1, -0.05) is 13.3 Å². The van der Waals surface area contributed by atoms with Crippen molar-refractivity contribution >= 4 is 0 Å². The van der Waals surface area contributed by atoms with E-state index in [2.05, 4.69) is 22.2 Å². The summed E-state index contributed by atoms with van der Waals surface area (Å²) in [5.41, 5.74) is 0.946. The van der Waals surface area contributed by atoms with Crippen molar-refractivity contribution in [3.8, 4) is 5.88 Å². The minimum atomic E-state index is 0.553. The summed E-state index contributed by atoms with van der Waals surface area (Å²) in [6.07, 6.45) is 7.74. The van der Waals surface area contributed by atoms with Gasteiger partial charge in [-0.25, -0.2) is 4.98 Å². The summed E-state index contributed by atoms with van der Waals surface area (Å²) in [5.74, 6) is 0.647. The van der Waals surface area contributed by atoms with Crippen LogP contribution >= 0.6 is 0 Å². The molecule has 0 aliphatic rings. The van der Waals surface area contributed by atoms with E-state index in [1.807, 2.05) is 7.05 Å². The van der Waals surface area contributed by atoms with Crippen molar-refractivity contribution < 1.29 is 4.74 Å². The van der Waals surface area contributed by atoms with Crippen molar-refractivity contribution in [2.24, 2.45) is 0 Å². The van der Waals surface area contributed by atoms with E-state index in [0.717, 1.165) is 18.5 Å². The van der Waals surface area contributed by atoms with E-state index in [4.69, 9.17) is 4.74 Å². The van der Waals surface area contributed by atoms with E-state index in [0.29, 0.717) is 11.9 Å². The minimum Gasteiger partial charge on any atom is -0.480 e. The Morgan fingerprint density at radius 1 is 1.31 bits per heavy atom. The Balaban J connectivity index is 2.52. The van der Waals surface area contributed by atoms with Crippen molar-refractivity contribution in [2.75, 3.05) is 14.2 Å². The zero-order chi connectivity index (χ0) is 11.8. The molecule has 0 fully saturated rings. The van der Waals surface area contributed by atoms with Gasteiger partial charge in [0.2, 0.25) is 5.88 Å². The van der Waals surface area contributed by atoms with Gasteiger partial charge in [-0.05, 0) is 26.3 Å². The average molecular weight is 223 g/mol. The molecule has 16 heavy (non-hydrogen) atoms. The van der Waals surface area contributed by atoms with Crippen LogP contribution in [0.1, 0.15) is 31.9 Å². The van der Waals surface area contributed by atoms with Gasteiger partial charge in [0.1, 0.15) is 5.69 Å². The van der Waals surface area contributed by atoms with Crippen LogP contribution in [0.4, 0.5) is 0 Å². The fourth-order valence-electron chi connectivity index (χ4n) is 1.79. The highest BCUT2D eigenvalue weighted by molar-refractivity contribution is 5.17. The number of aromatic nitrogens is 2. The Hall–Kier alpha value is -1.16. The zero-order valence-electron chi connectivity index (χ0n) is 10.4. The summed E-state index contributed by atoms with van der Waals surface area (Å²) in [6.45, 7) is 2.20. The van der Waals surface area contributed by atoms with Crippen LogP contribution in [0.3, 0.4) is 0 Å². The fraction of sp³-hybridized carbons (Fsp3) is 0.667. The third-order valence-electron chi connectivity index (χ3n) is 2.70. The van der Waals surface area contributed by atoms with E-state index in [1.165, 1.54) is 12.8 Å². The number of nitrogens with one attached hydrogen (secondary N) is 1. The van der Waals surface area contributed by atoms with Crippen molar-refractivity contribution in [2.45, 2.75) is 38.6 Å². The van der Waals surface area contributed by atoms with Gasteiger partial charge >= 0.3 is 0 Å². The summed E-state index contributed by atoms with van der Waals surface area (Å²) < 4.78 is 5.18. The number of rotatable bonds is 7. The van der Waals surface area contributed by atoms with Crippen LogP contribution in [0.5, 0.6) is 5.88 Å². The van der Waals surface area contributed by atoms with Crippen LogP contribution in [0.2, 0.25) is 0 Å². The van der Waals surface area contributed by atoms with Gasteiger partial charge < -0.3 is 10.1 Å². The maximum atomic E-state index is 5.18. The molecule has 0 saturated heterocycles. The molecule has 0 amide bonds. The van der Waals surface area contributed by atoms with Gasteiger partial charge in [-0.15, -0.1) is 0 Å². The maximum Gasteiger partial charge on any atom is 0.235 e. The Labute approximate surface area is 97.5 Å². The molecule has 1 rings (SSSR count). The Morgan fingerprint density at radius 2 is 2.06 bits per heavy atom. The highest BCUT2D eigenvalue weighted by Crippen LogP contribution is 2.14. The standard InChI is InChI=1S/C12H21N3O/c1-4-5-10(13-2)6-7-11-12(16-3)15-9-8-14-11/h8-10,13H,4-7H2,1-3H3. The summed E-state index contributed by atoms with van der Waals surface area (Å²) in [5, 5.41) is 3.32. The van der Waals surface area contributed by atoms with Gasteiger partial charge in [0.05, 0.1) is 7.11 Å². The molecule has 0 aromatic carbocycles. The third-order valence-corrected chi connectivity index (χ3v) is 2.70. The first-order valence-corrected chi connectivity index (χ1v) is 5.83. The number of hydrogen-bond acceptors (Lipinski definition) is 4. The average Bonchev–Trinajstić information content (AvgIpc) is 2.34. The number of ether oxygens (including phenoxy) is 1. The van der Waals surface area contributed by atoms with Gasteiger partial charge in [-0.3, -0.25) is 4.98 Å². The minimum absolute atomic E-state index is 0.553. The van der Waals surface area contributed by atoms with Gasteiger partial charge in [-0.2, -0.15) is 0 Å². The van der Waals surface area contributed by atoms with Gasteiger partial charge in [0, 0.05) is 18.4 Å². The first-order valence-electron chi connectivity index (χ1n) is 5.83. The molecule has 1 N–H and O–H groups in total. The molecule has 0 aliphatic carbocycles. The fourth-order valence-corrected chi connectivity index (χ4v) is 1.79. The number of aryl methyl sites for hydroxylation is 1. The summed E-state index contributed by atoms with van der Waals surface area (Å²) >= 11 is 0. The summed E-state index contributed by atoms with van der Waals surface area (Å²) in [6, 6.07) is 0.553. The molecule has 1 aromatic rings. The molecular formula is C12H21N3O. The van der Waals surface area contributed by atoms with Crippen LogP contribution in [0.15, 0.2) is 12.4 Å². The second-order valence-electron chi connectivity index (χ2n) is 3.83. The Kier molecular flexibility index (Phi) is 5.78. The van der Waals surface area contributed by atoms with Crippen molar-refractivity contribution in [1.29, 1.82) is 0 Å². The highest BCUT2D eigenvalue weighted by Gasteiger charge is 2.09. The second-order valence-corrected chi connectivity index (χ2v) is 3.83. The molecule has 0 saturated carbocycles. The first kappa shape index (κ1) is 12.9. The normalized spacial score (nSPS) is 12.4. The maximum absolute atomic E-state index is 5.18. The van der Waals surface area contributed by atoms with Crippen LogP contribution < -0.4 is 10.1 Å². The lowest BCUT2D eigenvalue weighted by molar-refractivity contribution is 0.385. The third kappa shape index (κ3) is 3.77. The Bertz CT molecular complexity index is 304. The van der Waals surface area contributed by atoms with E-state index in [9.17, 15) is 0 Å². The molecule has 0 spiro atoms. The highest BCUT2D eigenvalue weighted by atomic mass is 16.5. The number of methoxy groups -OCH3 is 1. The quantitative estimate of drug-likeness (QED) is 0.765. The molecule has 4 nitrogen and oxygen atoms in total. The predicted molar refractivity (Wildman–Crippen MR) is 64.7 cm³/mol. The SMILES string of the molecule is CCCC(CCc1nccnc1OC)NC. The summed E-state index contributed by atoms with van der Waals surface area (Å²) in [4.78, 5) is 8.44. The van der Waals surface area contributed by atoms with E-state index in [-0.39, 0.29) is 0 Å². The lowest BCUT2D eigenvalue weighted by Gasteiger charge is -2.15. The number of nitrogens with zero attached hydrogens (tertiary/aromatic N) is 2. The summed E-state index contributed by atoms with van der Waals surface area (Å²) in [7, 11) is 3.64. The second kappa shape index (κ2) is 7.17. The van der Waals surface area contributed by atoms with Crippen LogP contribution in [-0.4, -0.2) is 30.2 Å². The monoisotopic (exact) mass is 223 g/mol. The van der Waals surface area contributed by atoms with Crippen molar-refractivity contribution in [3.63, 3.8) is 0 Å². The molecule has 90 valence electrons. The van der Waals surface area contributed by atoms with E-state index < -0.39 is 0 Å². The van der Waals surface area contributed by atoms with Crippen LogP contribution in [-0.2, 0) is 6.42 Å².